The van der Waals surface area contributed by atoms with E-state index in [1.54, 1.807) is 18.2 Å². The number of ketones is 1. The summed E-state index contributed by atoms with van der Waals surface area (Å²) in [5, 5.41) is 0.728. The molecule has 58 heavy (non-hydrogen) atoms. The Morgan fingerprint density at radius 1 is 1.12 bits per heavy atom. The van der Waals surface area contributed by atoms with Crippen molar-refractivity contribution in [3.05, 3.63) is 41.6 Å². The molecule has 6 rings (SSSR count). The minimum atomic E-state index is -4.87. The van der Waals surface area contributed by atoms with Crippen LogP contribution in [-0.4, -0.2) is 84.7 Å². The predicted octanol–water partition coefficient (Wildman–Crippen LogP) is 7.11. The van der Waals surface area contributed by atoms with Gasteiger partial charge in [0.25, 0.3) is 0 Å². The molecule has 3 heterocycles. The number of hydrogen-bond acceptors (Lipinski definition) is 10. The molecule has 0 spiro atoms. The normalized spacial score (nSPS) is 29.1. The number of pyridine rings is 1. The monoisotopic (exact) mass is 853 g/mol. The van der Waals surface area contributed by atoms with Crippen LogP contribution in [0, 0.1) is 29.1 Å². The van der Waals surface area contributed by atoms with Gasteiger partial charge in [0, 0.05) is 23.6 Å². The number of rotatable bonds is 10. The third-order valence-electron chi connectivity index (χ3n) is 12.2. The molecule has 2 aliphatic carbocycles. The molecular formula is C41H51ClF3N3O9S. The van der Waals surface area contributed by atoms with Crippen molar-refractivity contribution in [1.29, 1.82) is 0 Å². The molecule has 318 valence electrons. The summed E-state index contributed by atoms with van der Waals surface area (Å²) in [5.41, 5.74) is -4.20. The average Bonchev–Trinajstić information content (AvgIpc) is 4.07. The number of nitrogens with zero attached hydrogens (tertiary/aromatic N) is 2. The molecule has 2 aliphatic heterocycles. The summed E-state index contributed by atoms with van der Waals surface area (Å²) >= 11 is 6.54. The quantitative estimate of drug-likeness (QED) is 0.193. The van der Waals surface area contributed by atoms with E-state index in [4.69, 9.17) is 25.8 Å². The van der Waals surface area contributed by atoms with E-state index in [-0.39, 0.29) is 37.6 Å². The van der Waals surface area contributed by atoms with E-state index in [9.17, 15) is 40.8 Å². The molecular weight excluding hydrogens is 803 g/mol. The van der Waals surface area contributed by atoms with E-state index < -0.39 is 92.4 Å². The number of aromatic nitrogens is 1. The number of allylic oxidation sites excluding steroid dienone is 2. The first kappa shape index (κ1) is 43.7. The smallest absolute Gasteiger partial charge is 0.427 e. The van der Waals surface area contributed by atoms with E-state index in [0.29, 0.717) is 60.1 Å². The number of fused-ring (bicyclic) bond motifs is 3. The third-order valence-corrected chi connectivity index (χ3v) is 14.4. The fraction of sp³-hybridized carbons (Fsp3) is 0.634. The zero-order valence-electron chi connectivity index (χ0n) is 33.3. The van der Waals surface area contributed by atoms with Crippen molar-refractivity contribution in [3.63, 3.8) is 0 Å². The summed E-state index contributed by atoms with van der Waals surface area (Å²) in [5.74, 6) is -4.62. The molecule has 1 aromatic heterocycles. The van der Waals surface area contributed by atoms with Crippen molar-refractivity contribution in [2.45, 2.75) is 121 Å². The Hall–Kier alpha value is -3.92. The number of esters is 1. The Labute approximate surface area is 341 Å². The Morgan fingerprint density at radius 3 is 2.50 bits per heavy atom. The maximum absolute atomic E-state index is 15.0. The van der Waals surface area contributed by atoms with Gasteiger partial charge in [-0.15, -0.1) is 0 Å². The summed E-state index contributed by atoms with van der Waals surface area (Å²) in [6.45, 7) is 5.15. The minimum absolute atomic E-state index is 0.0157. The highest BCUT2D eigenvalue weighted by atomic mass is 35.5. The van der Waals surface area contributed by atoms with Gasteiger partial charge in [-0.1, -0.05) is 50.1 Å². The Kier molecular flexibility index (Phi) is 12.5. The largest absolute Gasteiger partial charge is 0.494 e. The Morgan fingerprint density at radius 2 is 1.84 bits per heavy atom. The van der Waals surface area contributed by atoms with E-state index >= 15 is 0 Å². The summed E-state index contributed by atoms with van der Waals surface area (Å²) in [6, 6.07) is 3.92. The highest BCUT2D eigenvalue weighted by Gasteiger charge is 2.62. The molecule has 2 amide bonds. The maximum atomic E-state index is 15.0. The molecule has 2 aromatic rings. The predicted molar refractivity (Wildman–Crippen MR) is 208 cm³/mol. The third kappa shape index (κ3) is 9.12. The first-order valence-corrected chi connectivity index (χ1v) is 21.8. The first-order valence-electron chi connectivity index (χ1n) is 19.8. The van der Waals surface area contributed by atoms with Crippen LogP contribution in [0.25, 0.3) is 10.8 Å². The van der Waals surface area contributed by atoms with Gasteiger partial charge in [-0.25, -0.2) is 13.4 Å². The van der Waals surface area contributed by atoms with Gasteiger partial charge in [-0.3, -0.25) is 23.9 Å². The number of amides is 2. The maximum Gasteiger partial charge on any atom is 0.427 e. The minimum Gasteiger partial charge on any atom is -0.494 e. The molecule has 1 aromatic carbocycles. The lowest BCUT2D eigenvalue weighted by atomic mass is 9.79. The van der Waals surface area contributed by atoms with E-state index in [1.165, 1.54) is 18.2 Å². The molecule has 4 aliphatic rings. The number of ether oxygens (including phenoxy) is 3. The van der Waals surface area contributed by atoms with Crippen LogP contribution in [0.2, 0.25) is 5.02 Å². The van der Waals surface area contributed by atoms with Crippen molar-refractivity contribution in [2.75, 3.05) is 13.7 Å². The number of carbonyl (C=O) groups excluding carboxylic acids is 4. The van der Waals surface area contributed by atoms with E-state index in [2.05, 4.69) is 9.71 Å². The molecule has 1 saturated heterocycles. The SMILES string of the molecule is CC[C@@H]1C[C@H](C)CC/C=C\[C@@H]2C[C@@]2(C(=O)NS(=O)(=O)C2CC2)CC(=O)[C@@H]2C[C@@H](Oc3ncc(OC)c4c(Cl)cccc34)CN2C(=O)[C@H]1CC(=O)OC(C)(C)C(F)(F)F. The lowest BCUT2D eigenvalue weighted by Gasteiger charge is -2.34. The Bertz CT molecular complexity index is 2080. The molecule has 3 fully saturated rings. The first-order chi connectivity index (χ1) is 27.2. The van der Waals surface area contributed by atoms with Crippen LogP contribution in [-0.2, 0) is 33.9 Å². The number of nitrogens with one attached hydrogen (secondary N) is 1. The van der Waals surface area contributed by atoms with Crippen LogP contribution in [0.1, 0.15) is 91.9 Å². The van der Waals surface area contributed by atoms with Gasteiger partial charge in [-0.2, -0.15) is 13.2 Å². The molecule has 17 heteroatoms. The van der Waals surface area contributed by atoms with Crippen molar-refractivity contribution in [1.82, 2.24) is 14.6 Å². The lowest BCUT2D eigenvalue weighted by Crippen LogP contribution is -2.48. The molecule has 12 nitrogen and oxygen atoms in total. The van der Waals surface area contributed by atoms with Crippen LogP contribution in [0.15, 0.2) is 36.5 Å². The fourth-order valence-electron chi connectivity index (χ4n) is 8.42. The number of benzene rings is 1. The fourth-order valence-corrected chi connectivity index (χ4v) is 10.1. The molecule has 2 saturated carbocycles. The second-order valence-corrected chi connectivity index (χ2v) is 19.2. The molecule has 1 N–H and O–H groups in total. The number of halogens is 4. The summed E-state index contributed by atoms with van der Waals surface area (Å²) in [7, 11) is -2.48. The van der Waals surface area contributed by atoms with Crippen LogP contribution in [0.4, 0.5) is 13.2 Å². The van der Waals surface area contributed by atoms with Crippen LogP contribution < -0.4 is 14.2 Å². The van der Waals surface area contributed by atoms with Crippen molar-refractivity contribution in [2.24, 2.45) is 29.1 Å². The number of sulfonamides is 1. The standard InChI is InChI=1S/C41H51ClF3N3O9S/c1-6-24-16-23(2)10-7-8-11-25-19-40(25,38(52)47-58(53,54)27-14-15-27)20-32(49)31-17-26(56-36-28-12-9-13-30(42)35(28)33(55-5)21-46-36)22-48(31)37(51)29(24)18-34(50)57-39(3,4)41(43,44)45/h8-9,11-13,21,23-27,29,31H,6-7,10,14-20,22H2,1-5H3,(H,47,52)/b11-8-/t23-,24-,25-,26-,29+,31+,40-/m1/s1. The molecule has 0 radical (unpaired) electrons. The zero-order chi connectivity index (χ0) is 42.4. The van der Waals surface area contributed by atoms with Crippen molar-refractivity contribution < 1.29 is 55.0 Å². The number of carbonyl (C=O) groups is 4. The van der Waals surface area contributed by atoms with Gasteiger partial charge < -0.3 is 19.1 Å². The van der Waals surface area contributed by atoms with Crippen molar-refractivity contribution >= 4 is 56.0 Å². The summed E-state index contributed by atoms with van der Waals surface area (Å²) in [6.07, 6.45) is 1.60. The molecule has 0 bridgehead atoms. The summed E-state index contributed by atoms with van der Waals surface area (Å²) in [4.78, 5) is 62.6. The topological polar surface area (TPSA) is 158 Å². The number of Topliss-reactive ketones (excluding diaryl/α,β-unsaturated/α-hetero) is 1. The zero-order valence-corrected chi connectivity index (χ0v) is 34.8. The van der Waals surface area contributed by atoms with Crippen LogP contribution in [0.3, 0.4) is 0 Å². The second kappa shape index (κ2) is 16.6. The molecule has 7 atom stereocenters. The highest BCUT2D eigenvalue weighted by Crippen LogP contribution is 2.57. The van der Waals surface area contributed by atoms with Crippen LogP contribution >= 0.6 is 11.6 Å². The summed E-state index contributed by atoms with van der Waals surface area (Å²) < 4.78 is 86.4. The van der Waals surface area contributed by atoms with Gasteiger partial charge in [0.2, 0.25) is 33.3 Å². The van der Waals surface area contributed by atoms with Crippen molar-refractivity contribution in [3.8, 4) is 11.6 Å². The second-order valence-electron chi connectivity index (χ2n) is 16.9. The molecule has 0 unspecified atom stereocenters. The number of hydrogen-bond donors (Lipinski definition) is 1. The number of alkyl halides is 3. The van der Waals surface area contributed by atoms with Gasteiger partial charge in [0.1, 0.15) is 11.9 Å². The lowest BCUT2D eigenvalue weighted by molar-refractivity contribution is -0.257. The van der Waals surface area contributed by atoms with Gasteiger partial charge in [-0.05, 0) is 82.3 Å². The van der Waals surface area contributed by atoms with E-state index in [0.717, 1.165) is 13.8 Å². The van der Waals surface area contributed by atoms with E-state index in [1.807, 2.05) is 26.0 Å². The Balaban J connectivity index is 1.38. The average molecular weight is 854 g/mol. The number of methoxy groups -OCH3 is 1. The van der Waals surface area contributed by atoms with Gasteiger partial charge >= 0.3 is 12.1 Å². The van der Waals surface area contributed by atoms with Crippen LogP contribution in [0.5, 0.6) is 11.6 Å². The van der Waals surface area contributed by atoms with Gasteiger partial charge in [0.15, 0.2) is 5.78 Å². The highest BCUT2D eigenvalue weighted by molar-refractivity contribution is 7.90. The van der Waals surface area contributed by atoms with Gasteiger partial charge in [0.05, 0.1) is 53.9 Å².